The van der Waals surface area contributed by atoms with Gasteiger partial charge < -0.3 is 4.74 Å². The third kappa shape index (κ3) is 1.49. The van der Waals surface area contributed by atoms with E-state index in [2.05, 4.69) is 43.8 Å². The Balaban J connectivity index is 2.28. The number of thiol groups is 1. The van der Waals surface area contributed by atoms with Crippen LogP contribution >= 0.6 is 12.6 Å². The van der Waals surface area contributed by atoms with Gasteiger partial charge in [0.25, 0.3) is 0 Å². The summed E-state index contributed by atoms with van der Waals surface area (Å²) in [6.07, 6.45) is 0. The molecule has 0 radical (unpaired) electrons. The van der Waals surface area contributed by atoms with Crippen molar-refractivity contribution in [2.75, 3.05) is 19.0 Å². The number of rotatable bonds is 2. The van der Waals surface area contributed by atoms with Crippen molar-refractivity contribution in [1.29, 1.82) is 0 Å². The molecule has 2 heteroatoms. The molecule has 0 saturated carbocycles. The van der Waals surface area contributed by atoms with Crippen LogP contribution in [-0.4, -0.2) is 19.0 Å². The smallest absolute Gasteiger partial charge is 0.0593 e. The average Bonchev–Trinajstić information content (AvgIpc) is 2.07. The summed E-state index contributed by atoms with van der Waals surface area (Å²) in [6.45, 7) is 3.74. The zero-order valence-corrected chi connectivity index (χ0v) is 8.68. The number of benzene rings is 1. The fourth-order valence-electron chi connectivity index (χ4n) is 1.60. The van der Waals surface area contributed by atoms with Crippen molar-refractivity contribution in [2.45, 2.75) is 12.3 Å². The Hall–Kier alpha value is -0.470. The Bertz CT molecular complexity index is 282. The molecule has 0 aromatic heterocycles. The number of ether oxygens (including phenoxy) is 1. The first-order valence-electron chi connectivity index (χ1n) is 4.53. The van der Waals surface area contributed by atoms with Crippen LogP contribution in [0.15, 0.2) is 24.3 Å². The Morgan fingerprint density at radius 1 is 1.31 bits per heavy atom. The van der Waals surface area contributed by atoms with Crippen LogP contribution in [0.25, 0.3) is 0 Å². The highest BCUT2D eigenvalue weighted by Crippen LogP contribution is 2.33. The van der Waals surface area contributed by atoms with Crippen molar-refractivity contribution in [1.82, 2.24) is 0 Å². The van der Waals surface area contributed by atoms with Crippen LogP contribution in [0.1, 0.15) is 11.1 Å². The molecular formula is C11H14OS. The van der Waals surface area contributed by atoms with Gasteiger partial charge in [0.2, 0.25) is 0 Å². The summed E-state index contributed by atoms with van der Waals surface area (Å²) < 4.78 is 5.26. The summed E-state index contributed by atoms with van der Waals surface area (Å²) in [5, 5.41) is 0. The third-order valence-corrected chi connectivity index (χ3v) is 3.33. The van der Waals surface area contributed by atoms with Gasteiger partial charge in [-0.1, -0.05) is 29.8 Å². The van der Waals surface area contributed by atoms with Crippen LogP contribution in [0, 0.1) is 6.92 Å². The zero-order chi connectivity index (χ0) is 9.31. The normalized spacial score (nSPS) is 19.5. The molecule has 0 atom stereocenters. The van der Waals surface area contributed by atoms with Crippen LogP contribution in [0.3, 0.4) is 0 Å². The lowest BCUT2D eigenvalue weighted by Crippen LogP contribution is -2.48. The minimum Gasteiger partial charge on any atom is -0.379 e. The summed E-state index contributed by atoms with van der Waals surface area (Å²) in [5.41, 5.74) is 2.86. The third-order valence-electron chi connectivity index (χ3n) is 2.72. The van der Waals surface area contributed by atoms with E-state index in [1.165, 1.54) is 11.1 Å². The molecule has 2 rings (SSSR count). The second-order valence-corrected chi connectivity index (χ2v) is 4.11. The highest BCUT2D eigenvalue weighted by atomic mass is 32.1. The van der Waals surface area contributed by atoms with Crippen LogP contribution in [0.5, 0.6) is 0 Å². The first-order valence-corrected chi connectivity index (χ1v) is 5.16. The Morgan fingerprint density at radius 3 is 2.31 bits per heavy atom. The molecule has 1 aromatic rings. The summed E-state index contributed by atoms with van der Waals surface area (Å²) in [6, 6.07) is 8.68. The Kier molecular flexibility index (Phi) is 2.35. The van der Waals surface area contributed by atoms with Gasteiger partial charge >= 0.3 is 0 Å². The maximum Gasteiger partial charge on any atom is 0.0593 e. The number of hydrogen-bond donors (Lipinski definition) is 1. The van der Waals surface area contributed by atoms with Gasteiger partial charge in [0.05, 0.1) is 18.6 Å². The Labute approximate surface area is 84.5 Å². The summed E-state index contributed by atoms with van der Waals surface area (Å²) >= 11 is 4.39. The molecule has 0 amide bonds. The van der Waals surface area contributed by atoms with E-state index in [0.717, 1.165) is 19.0 Å². The first-order chi connectivity index (χ1) is 6.27. The average molecular weight is 194 g/mol. The van der Waals surface area contributed by atoms with E-state index in [4.69, 9.17) is 4.74 Å². The van der Waals surface area contributed by atoms with Gasteiger partial charge in [-0.05, 0) is 12.5 Å². The van der Waals surface area contributed by atoms with Crippen LogP contribution in [-0.2, 0) is 10.2 Å². The van der Waals surface area contributed by atoms with E-state index in [9.17, 15) is 0 Å². The summed E-state index contributed by atoms with van der Waals surface area (Å²) in [5.74, 6) is 0.871. The van der Waals surface area contributed by atoms with E-state index in [1.54, 1.807) is 0 Å². The molecule has 0 spiro atoms. The van der Waals surface area contributed by atoms with Crippen molar-refractivity contribution >= 4 is 12.6 Å². The lowest BCUT2D eigenvalue weighted by molar-refractivity contribution is -0.0470. The second kappa shape index (κ2) is 3.35. The lowest BCUT2D eigenvalue weighted by Gasteiger charge is -2.40. The molecule has 13 heavy (non-hydrogen) atoms. The molecule has 1 aromatic carbocycles. The zero-order valence-electron chi connectivity index (χ0n) is 7.79. The van der Waals surface area contributed by atoms with Crippen molar-refractivity contribution < 1.29 is 4.74 Å². The monoisotopic (exact) mass is 194 g/mol. The first kappa shape index (κ1) is 9.10. The predicted octanol–water partition coefficient (Wildman–Crippen LogP) is 2.19. The molecular weight excluding hydrogens is 180 g/mol. The molecule has 0 aliphatic carbocycles. The fourth-order valence-corrected chi connectivity index (χ4v) is 1.97. The number of hydrogen-bond acceptors (Lipinski definition) is 2. The second-order valence-electron chi connectivity index (χ2n) is 3.80. The molecule has 1 fully saturated rings. The highest BCUT2D eigenvalue weighted by molar-refractivity contribution is 7.80. The molecule has 0 unspecified atom stereocenters. The molecule has 1 saturated heterocycles. The SMILES string of the molecule is Cc1ccc(C2(CS)COC2)cc1. The van der Waals surface area contributed by atoms with E-state index in [0.29, 0.717) is 0 Å². The fraction of sp³-hybridized carbons (Fsp3) is 0.455. The van der Waals surface area contributed by atoms with E-state index in [1.807, 2.05) is 0 Å². The summed E-state index contributed by atoms with van der Waals surface area (Å²) in [4.78, 5) is 0. The van der Waals surface area contributed by atoms with Crippen LogP contribution < -0.4 is 0 Å². The van der Waals surface area contributed by atoms with Crippen molar-refractivity contribution in [3.63, 3.8) is 0 Å². The van der Waals surface area contributed by atoms with Gasteiger partial charge in [0.1, 0.15) is 0 Å². The molecule has 0 bridgehead atoms. The topological polar surface area (TPSA) is 9.23 Å². The molecule has 1 aliphatic heterocycles. The van der Waals surface area contributed by atoms with Crippen molar-refractivity contribution in [3.8, 4) is 0 Å². The largest absolute Gasteiger partial charge is 0.379 e. The molecule has 1 nitrogen and oxygen atoms in total. The predicted molar refractivity (Wildman–Crippen MR) is 57.5 cm³/mol. The van der Waals surface area contributed by atoms with Gasteiger partial charge in [-0.25, -0.2) is 0 Å². The molecule has 1 aliphatic rings. The van der Waals surface area contributed by atoms with E-state index < -0.39 is 0 Å². The highest BCUT2D eigenvalue weighted by Gasteiger charge is 2.38. The standard InChI is InChI=1S/C11H14OS/c1-9-2-4-10(5-3-9)11(8-13)6-12-7-11/h2-5,13H,6-8H2,1H3. The molecule has 0 N–H and O–H groups in total. The van der Waals surface area contributed by atoms with Crippen molar-refractivity contribution in [2.24, 2.45) is 0 Å². The number of aryl methyl sites for hydroxylation is 1. The van der Waals surface area contributed by atoms with E-state index >= 15 is 0 Å². The maximum atomic E-state index is 5.26. The van der Waals surface area contributed by atoms with Crippen LogP contribution in [0.2, 0.25) is 0 Å². The van der Waals surface area contributed by atoms with Gasteiger partial charge in [-0.15, -0.1) is 0 Å². The van der Waals surface area contributed by atoms with Gasteiger partial charge in [-0.3, -0.25) is 0 Å². The molecule has 70 valence electrons. The summed E-state index contributed by atoms with van der Waals surface area (Å²) in [7, 11) is 0. The molecule has 1 heterocycles. The van der Waals surface area contributed by atoms with Crippen LogP contribution in [0.4, 0.5) is 0 Å². The lowest BCUT2D eigenvalue weighted by atomic mass is 9.80. The van der Waals surface area contributed by atoms with Crippen molar-refractivity contribution in [3.05, 3.63) is 35.4 Å². The van der Waals surface area contributed by atoms with Gasteiger partial charge in [-0.2, -0.15) is 12.6 Å². The van der Waals surface area contributed by atoms with Gasteiger partial charge in [0, 0.05) is 5.75 Å². The van der Waals surface area contributed by atoms with E-state index in [-0.39, 0.29) is 5.41 Å². The quantitative estimate of drug-likeness (QED) is 0.710. The maximum absolute atomic E-state index is 5.26. The minimum atomic E-state index is 0.191. The van der Waals surface area contributed by atoms with Gasteiger partial charge in [0.15, 0.2) is 0 Å². The Morgan fingerprint density at radius 2 is 1.92 bits per heavy atom. The minimum absolute atomic E-state index is 0.191.